The summed E-state index contributed by atoms with van der Waals surface area (Å²) in [5, 5.41) is 0. The van der Waals surface area contributed by atoms with Gasteiger partial charge in [0, 0.05) is 36.7 Å². The fourth-order valence-corrected chi connectivity index (χ4v) is 3.66. The van der Waals surface area contributed by atoms with Crippen molar-refractivity contribution in [3.05, 3.63) is 65.5 Å². The number of piperidine rings is 1. The molecule has 0 bridgehead atoms. The third-order valence-corrected chi connectivity index (χ3v) is 5.37. The zero-order valence-electron chi connectivity index (χ0n) is 17.1. The first kappa shape index (κ1) is 21.0. The lowest BCUT2D eigenvalue weighted by Crippen LogP contribution is -2.34. The van der Waals surface area contributed by atoms with Crippen molar-refractivity contribution in [3.8, 4) is 0 Å². The molecule has 154 valence electrons. The Bertz CT molecular complexity index is 842. The second-order valence-corrected chi connectivity index (χ2v) is 8.00. The molecule has 5 heteroatoms. The van der Waals surface area contributed by atoms with E-state index in [2.05, 4.69) is 4.90 Å². The number of halogens is 1. The molecular weight excluding hydrogens is 369 g/mol. The Morgan fingerprint density at radius 3 is 2.45 bits per heavy atom. The van der Waals surface area contributed by atoms with Gasteiger partial charge in [-0.25, -0.2) is 4.39 Å². The van der Waals surface area contributed by atoms with E-state index < -0.39 is 5.82 Å². The number of hydrogen-bond donors (Lipinski definition) is 0. The molecule has 1 saturated heterocycles. The highest BCUT2D eigenvalue weighted by Gasteiger charge is 2.23. The van der Waals surface area contributed by atoms with Gasteiger partial charge in [0.2, 0.25) is 0 Å². The molecule has 1 heterocycles. The molecule has 2 aromatic rings. The third-order valence-electron chi connectivity index (χ3n) is 5.37. The molecule has 4 nitrogen and oxygen atoms in total. The van der Waals surface area contributed by atoms with E-state index in [0.29, 0.717) is 18.6 Å². The maximum atomic E-state index is 14.0. The van der Waals surface area contributed by atoms with E-state index in [-0.39, 0.29) is 23.6 Å². The van der Waals surface area contributed by atoms with Crippen LogP contribution in [0.2, 0.25) is 0 Å². The number of ketones is 1. The predicted molar refractivity (Wildman–Crippen MR) is 111 cm³/mol. The van der Waals surface area contributed by atoms with Gasteiger partial charge in [0.25, 0.3) is 0 Å². The van der Waals surface area contributed by atoms with E-state index >= 15 is 0 Å². The van der Waals surface area contributed by atoms with Gasteiger partial charge in [-0.05, 0) is 42.5 Å². The maximum Gasteiger partial charge on any atom is 0.306 e. The van der Waals surface area contributed by atoms with Crippen molar-refractivity contribution in [1.82, 2.24) is 0 Å². The summed E-state index contributed by atoms with van der Waals surface area (Å²) < 4.78 is 19.4. The number of carbonyl (C=O) groups is 2. The van der Waals surface area contributed by atoms with Crippen LogP contribution in [0.4, 0.5) is 10.1 Å². The lowest BCUT2D eigenvalue weighted by atomic mass is 9.93. The highest BCUT2D eigenvalue weighted by atomic mass is 19.1. The molecule has 29 heavy (non-hydrogen) atoms. The Kier molecular flexibility index (Phi) is 7.02. The molecular formula is C24H28FNO3. The summed E-state index contributed by atoms with van der Waals surface area (Å²) in [4.78, 5) is 26.5. The summed E-state index contributed by atoms with van der Waals surface area (Å²) in [5.74, 6) is -0.528. The SMILES string of the molecule is CC(C)C(=O)c1cc(F)cc(N2CCC(CC(=O)OCc3ccccc3)CC2)c1. The molecule has 1 aliphatic heterocycles. The van der Waals surface area contributed by atoms with Crippen LogP contribution in [0, 0.1) is 17.7 Å². The molecule has 1 aliphatic rings. The molecule has 0 unspecified atom stereocenters. The Labute approximate surface area is 171 Å². The molecule has 0 radical (unpaired) electrons. The van der Waals surface area contributed by atoms with Gasteiger partial charge >= 0.3 is 5.97 Å². The number of Topliss-reactive ketones (excluding diaryl/α,β-unsaturated/α-hetero) is 1. The number of esters is 1. The number of anilines is 1. The van der Waals surface area contributed by atoms with Crippen molar-refractivity contribution in [1.29, 1.82) is 0 Å². The molecule has 2 aromatic carbocycles. The molecule has 0 aliphatic carbocycles. The first-order valence-corrected chi connectivity index (χ1v) is 10.2. The van der Waals surface area contributed by atoms with Crippen LogP contribution in [0.5, 0.6) is 0 Å². The van der Waals surface area contributed by atoms with E-state index in [9.17, 15) is 14.0 Å². The normalized spacial score (nSPS) is 14.8. The first-order valence-electron chi connectivity index (χ1n) is 10.2. The molecule has 0 saturated carbocycles. The van der Waals surface area contributed by atoms with E-state index in [1.807, 2.05) is 44.2 Å². The average molecular weight is 397 g/mol. The Balaban J connectivity index is 1.51. The molecule has 3 rings (SSSR count). The fraction of sp³-hybridized carbons (Fsp3) is 0.417. The first-order chi connectivity index (χ1) is 13.9. The minimum atomic E-state index is -0.391. The molecule has 0 atom stereocenters. The quantitative estimate of drug-likeness (QED) is 0.486. The van der Waals surface area contributed by atoms with Crippen LogP contribution in [0.3, 0.4) is 0 Å². The van der Waals surface area contributed by atoms with Gasteiger partial charge in [-0.2, -0.15) is 0 Å². The number of benzene rings is 2. The van der Waals surface area contributed by atoms with E-state index in [1.165, 1.54) is 12.1 Å². The van der Waals surface area contributed by atoms with Gasteiger partial charge < -0.3 is 9.64 Å². The summed E-state index contributed by atoms with van der Waals surface area (Å²) in [6, 6.07) is 14.2. The second-order valence-electron chi connectivity index (χ2n) is 8.00. The standard InChI is InChI=1S/C24H28FNO3/c1-17(2)24(28)20-13-21(25)15-22(14-20)26-10-8-18(9-11-26)12-23(27)29-16-19-6-4-3-5-7-19/h3-7,13-15,17-18H,8-12,16H2,1-2H3. The van der Waals surface area contributed by atoms with Crippen molar-refractivity contribution in [2.45, 2.75) is 39.7 Å². The van der Waals surface area contributed by atoms with Crippen LogP contribution in [-0.2, 0) is 16.1 Å². The lowest BCUT2D eigenvalue weighted by Gasteiger charge is -2.33. The van der Waals surface area contributed by atoms with Crippen LogP contribution in [0.15, 0.2) is 48.5 Å². The Morgan fingerprint density at radius 1 is 1.10 bits per heavy atom. The van der Waals surface area contributed by atoms with Crippen molar-refractivity contribution in [3.63, 3.8) is 0 Å². The van der Waals surface area contributed by atoms with E-state index in [4.69, 9.17) is 4.74 Å². The maximum absolute atomic E-state index is 14.0. The van der Waals surface area contributed by atoms with Crippen LogP contribution in [0.25, 0.3) is 0 Å². The lowest BCUT2D eigenvalue weighted by molar-refractivity contribution is -0.146. The number of rotatable bonds is 7. The van der Waals surface area contributed by atoms with Gasteiger partial charge in [0.1, 0.15) is 12.4 Å². The highest BCUT2D eigenvalue weighted by molar-refractivity contribution is 5.98. The molecule has 0 spiro atoms. The number of carbonyl (C=O) groups excluding carboxylic acids is 2. The van der Waals surface area contributed by atoms with Gasteiger partial charge in [-0.1, -0.05) is 44.2 Å². The minimum Gasteiger partial charge on any atom is -0.461 e. The third kappa shape index (κ3) is 5.89. The number of ether oxygens (including phenoxy) is 1. The average Bonchev–Trinajstić information content (AvgIpc) is 2.72. The van der Waals surface area contributed by atoms with E-state index in [0.717, 1.165) is 37.2 Å². The van der Waals surface area contributed by atoms with Crippen LogP contribution in [-0.4, -0.2) is 24.8 Å². The molecule has 1 fully saturated rings. The van der Waals surface area contributed by atoms with Gasteiger partial charge in [-0.15, -0.1) is 0 Å². The zero-order chi connectivity index (χ0) is 20.8. The van der Waals surface area contributed by atoms with E-state index in [1.54, 1.807) is 6.07 Å². The monoisotopic (exact) mass is 397 g/mol. The summed E-state index contributed by atoms with van der Waals surface area (Å²) in [6.45, 7) is 5.39. The summed E-state index contributed by atoms with van der Waals surface area (Å²) in [6.07, 6.45) is 2.08. The van der Waals surface area contributed by atoms with Crippen LogP contribution in [0.1, 0.15) is 49.0 Å². The Morgan fingerprint density at radius 2 is 1.79 bits per heavy atom. The van der Waals surface area contributed by atoms with Crippen molar-refractivity contribution in [2.75, 3.05) is 18.0 Å². The summed E-state index contributed by atoms with van der Waals surface area (Å²) in [7, 11) is 0. The predicted octanol–water partition coefficient (Wildman–Crippen LogP) is 5.01. The van der Waals surface area contributed by atoms with Crippen molar-refractivity contribution >= 4 is 17.4 Å². The van der Waals surface area contributed by atoms with Crippen molar-refractivity contribution in [2.24, 2.45) is 11.8 Å². The largest absolute Gasteiger partial charge is 0.461 e. The minimum absolute atomic E-state index is 0.0539. The van der Waals surface area contributed by atoms with Crippen molar-refractivity contribution < 1.29 is 18.7 Å². The Hall–Kier alpha value is -2.69. The molecule has 0 aromatic heterocycles. The topological polar surface area (TPSA) is 46.6 Å². The molecule has 0 N–H and O–H groups in total. The fourth-order valence-electron chi connectivity index (χ4n) is 3.66. The summed E-state index contributed by atoms with van der Waals surface area (Å²) >= 11 is 0. The van der Waals surface area contributed by atoms with Gasteiger partial charge in [0.15, 0.2) is 5.78 Å². The van der Waals surface area contributed by atoms with Gasteiger partial charge in [-0.3, -0.25) is 9.59 Å². The van der Waals surface area contributed by atoms with Crippen LogP contribution < -0.4 is 4.90 Å². The summed E-state index contributed by atoms with van der Waals surface area (Å²) in [5.41, 5.74) is 2.13. The van der Waals surface area contributed by atoms with Crippen LogP contribution >= 0.6 is 0 Å². The second kappa shape index (κ2) is 9.68. The smallest absolute Gasteiger partial charge is 0.306 e. The molecule has 0 amide bonds. The number of hydrogen-bond acceptors (Lipinski definition) is 4. The number of nitrogens with zero attached hydrogens (tertiary/aromatic N) is 1. The zero-order valence-corrected chi connectivity index (χ0v) is 17.1. The van der Waals surface area contributed by atoms with Gasteiger partial charge in [0.05, 0.1) is 0 Å². The highest BCUT2D eigenvalue weighted by Crippen LogP contribution is 2.27.